The minimum atomic E-state index is -0.330. The Morgan fingerprint density at radius 3 is 2.81 bits per heavy atom. The van der Waals surface area contributed by atoms with E-state index >= 15 is 0 Å². The number of carbonyl (C=O) groups is 1. The topological polar surface area (TPSA) is 46.3 Å². The lowest BCUT2D eigenvalue weighted by atomic mass is 10.2. The highest BCUT2D eigenvalue weighted by molar-refractivity contribution is 5.76. The zero-order valence-electron chi connectivity index (χ0n) is 9.03. The number of halogens is 1. The van der Waals surface area contributed by atoms with Crippen LogP contribution in [0.2, 0.25) is 0 Å². The van der Waals surface area contributed by atoms with E-state index in [9.17, 15) is 9.18 Å². The minimum absolute atomic E-state index is 0.243. The number of hydrogen-bond acceptors (Lipinski definition) is 2. The van der Waals surface area contributed by atoms with Crippen LogP contribution in [0.3, 0.4) is 0 Å². The van der Waals surface area contributed by atoms with E-state index in [1.54, 1.807) is 6.07 Å². The molecule has 0 saturated heterocycles. The Morgan fingerprint density at radius 1 is 1.50 bits per heavy atom. The fraction of sp³-hybridized carbons (Fsp3) is 0.417. The van der Waals surface area contributed by atoms with Crippen molar-refractivity contribution >= 4 is 5.91 Å². The Hall–Kier alpha value is -1.42. The fourth-order valence-corrected chi connectivity index (χ4v) is 1.82. The van der Waals surface area contributed by atoms with Gasteiger partial charge in [-0.2, -0.15) is 0 Å². The van der Waals surface area contributed by atoms with Crippen molar-refractivity contribution in [1.82, 2.24) is 4.90 Å². The molecule has 1 amide bonds. The number of rotatable bonds is 5. The molecule has 2 rings (SSSR count). The van der Waals surface area contributed by atoms with Gasteiger partial charge in [0.2, 0.25) is 5.91 Å². The largest absolute Gasteiger partial charge is 0.369 e. The summed E-state index contributed by atoms with van der Waals surface area (Å²) in [5.41, 5.74) is 6.07. The van der Waals surface area contributed by atoms with Crippen LogP contribution in [-0.4, -0.2) is 23.4 Å². The summed E-state index contributed by atoms with van der Waals surface area (Å²) in [6.45, 7) is 0.840. The van der Waals surface area contributed by atoms with Gasteiger partial charge in [0.1, 0.15) is 5.82 Å². The Balaban J connectivity index is 2.02. The van der Waals surface area contributed by atoms with Gasteiger partial charge in [0.05, 0.1) is 6.54 Å². The number of nitrogens with two attached hydrogens (primary N) is 1. The summed E-state index contributed by atoms with van der Waals surface area (Å²) in [4.78, 5) is 12.9. The van der Waals surface area contributed by atoms with E-state index in [-0.39, 0.29) is 18.3 Å². The summed E-state index contributed by atoms with van der Waals surface area (Å²) in [5, 5.41) is 0. The van der Waals surface area contributed by atoms with Crippen molar-refractivity contribution in [3.8, 4) is 0 Å². The molecule has 0 spiro atoms. The molecule has 86 valence electrons. The Kier molecular flexibility index (Phi) is 3.19. The van der Waals surface area contributed by atoms with Gasteiger partial charge < -0.3 is 5.73 Å². The van der Waals surface area contributed by atoms with Gasteiger partial charge in [-0.05, 0) is 30.5 Å². The molecule has 0 aromatic heterocycles. The van der Waals surface area contributed by atoms with Crippen LogP contribution in [0.4, 0.5) is 4.39 Å². The van der Waals surface area contributed by atoms with Crippen molar-refractivity contribution in [3.05, 3.63) is 35.6 Å². The minimum Gasteiger partial charge on any atom is -0.369 e. The highest BCUT2D eigenvalue weighted by atomic mass is 19.1. The Labute approximate surface area is 94.0 Å². The summed E-state index contributed by atoms with van der Waals surface area (Å²) in [6, 6.07) is 6.89. The second kappa shape index (κ2) is 4.61. The smallest absolute Gasteiger partial charge is 0.231 e. The third-order valence-corrected chi connectivity index (χ3v) is 2.70. The monoisotopic (exact) mass is 222 g/mol. The molecule has 16 heavy (non-hydrogen) atoms. The molecule has 1 fully saturated rings. The molecule has 1 aromatic carbocycles. The van der Waals surface area contributed by atoms with Gasteiger partial charge in [-0.15, -0.1) is 0 Å². The Bertz CT molecular complexity index is 390. The third-order valence-electron chi connectivity index (χ3n) is 2.70. The lowest BCUT2D eigenvalue weighted by Gasteiger charge is -2.20. The molecule has 1 saturated carbocycles. The molecule has 0 heterocycles. The molecular formula is C12H15FN2O. The average molecular weight is 222 g/mol. The van der Waals surface area contributed by atoms with Crippen LogP contribution in [0.15, 0.2) is 24.3 Å². The van der Waals surface area contributed by atoms with Crippen LogP contribution in [0.1, 0.15) is 18.4 Å². The quantitative estimate of drug-likeness (QED) is 0.815. The average Bonchev–Trinajstić information content (AvgIpc) is 2.99. The molecule has 1 aromatic rings. The zero-order chi connectivity index (χ0) is 11.5. The molecule has 2 N–H and O–H groups in total. The first-order chi connectivity index (χ1) is 7.65. The van der Waals surface area contributed by atoms with Crippen molar-refractivity contribution in [1.29, 1.82) is 0 Å². The second-order valence-electron chi connectivity index (χ2n) is 4.23. The van der Waals surface area contributed by atoms with Gasteiger partial charge in [0.15, 0.2) is 0 Å². The maximum absolute atomic E-state index is 13.0. The fourth-order valence-electron chi connectivity index (χ4n) is 1.82. The zero-order valence-corrected chi connectivity index (χ0v) is 9.03. The van der Waals surface area contributed by atoms with Crippen LogP contribution < -0.4 is 5.73 Å². The van der Waals surface area contributed by atoms with E-state index in [1.807, 2.05) is 11.0 Å². The number of carbonyl (C=O) groups excluding carboxylic acids is 1. The predicted molar refractivity (Wildman–Crippen MR) is 59.0 cm³/mol. The van der Waals surface area contributed by atoms with E-state index in [1.165, 1.54) is 12.1 Å². The molecule has 0 atom stereocenters. The summed E-state index contributed by atoms with van der Waals surface area (Å²) >= 11 is 0. The van der Waals surface area contributed by atoms with Crippen LogP contribution in [0.25, 0.3) is 0 Å². The van der Waals surface area contributed by atoms with Gasteiger partial charge in [0.25, 0.3) is 0 Å². The lowest BCUT2D eigenvalue weighted by molar-refractivity contribution is -0.119. The standard InChI is InChI=1S/C12H15FN2O/c13-10-3-1-2-9(6-10)7-15(8-12(14)16)11-4-5-11/h1-3,6,11H,4-5,7-8H2,(H2,14,16). The molecule has 1 aliphatic carbocycles. The van der Waals surface area contributed by atoms with Gasteiger partial charge >= 0.3 is 0 Å². The number of nitrogens with zero attached hydrogens (tertiary/aromatic N) is 1. The van der Waals surface area contributed by atoms with Crippen molar-refractivity contribution < 1.29 is 9.18 Å². The van der Waals surface area contributed by atoms with Crippen LogP contribution in [0, 0.1) is 5.82 Å². The lowest BCUT2D eigenvalue weighted by Crippen LogP contribution is -2.34. The summed E-state index contributed by atoms with van der Waals surface area (Å²) in [6.07, 6.45) is 2.20. The highest BCUT2D eigenvalue weighted by Crippen LogP contribution is 2.27. The van der Waals surface area contributed by atoms with E-state index in [4.69, 9.17) is 5.73 Å². The molecule has 0 bridgehead atoms. The van der Waals surface area contributed by atoms with Gasteiger partial charge in [0, 0.05) is 12.6 Å². The molecule has 0 radical (unpaired) electrons. The summed E-state index contributed by atoms with van der Waals surface area (Å²) < 4.78 is 13.0. The number of hydrogen-bond donors (Lipinski definition) is 1. The predicted octanol–water partition coefficient (Wildman–Crippen LogP) is 1.28. The van der Waals surface area contributed by atoms with E-state index < -0.39 is 0 Å². The van der Waals surface area contributed by atoms with Crippen molar-refractivity contribution in [2.45, 2.75) is 25.4 Å². The molecular weight excluding hydrogens is 207 g/mol. The highest BCUT2D eigenvalue weighted by Gasteiger charge is 2.29. The first-order valence-corrected chi connectivity index (χ1v) is 5.42. The maximum atomic E-state index is 13.0. The molecule has 1 aliphatic rings. The molecule has 4 heteroatoms. The SMILES string of the molecule is NC(=O)CN(Cc1cccc(F)c1)C1CC1. The van der Waals surface area contributed by atoms with Gasteiger partial charge in [-0.3, -0.25) is 9.69 Å². The summed E-state index contributed by atoms with van der Waals surface area (Å²) in [7, 11) is 0. The van der Waals surface area contributed by atoms with Crippen molar-refractivity contribution in [3.63, 3.8) is 0 Å². The summed E-state index contributed by atoms with van der Waals surface area (Å²) in [5.74, 6) is -0.573. The molecule has 0 unspecified atom stereocenters. The number of primary amides is 1. The van der Waals surface area contributed by atoms with Gasteiger partial charge in [-0.1, -0.05) is 12.1 Å². The first kappa shape index (κ1) is 11.1. The van der Waals surface area contributed by atoms with E-state index in [2.05, 4.69) is 0 Å². The van der Waals surface area contributed by atoms with E-state index in [0.717, 1.165) is 18.4 Å². The van der Waals surface area contributed by atoms with E-state index in [0.29, 0.717) is 12.6 Å². The van der Waals surface area contributed by atoms with Crippen molar-refractivity contribution in [2.75, 3.05) is 6.54 Å². The normalized spacial score (nSPS) is 15.4. The second-order valence-corrected chi connectivity index (χ2v) is 4.23. The number of benzene rings is 1. The molecule has 0 aliphatic heterocycles. The van der Waals surface area contributed by atoms with Crippen molar-refractivity contribution in [2.24, 2.45) is 5.73 Å². The molecule has 3 nitrogen and oxygen atoms in total. The Morgan fingerprint density at radius 2 is 2.25 bits per heavy atom. The third kappa shape index (κ3) is 3.03. The van der Waals surface area contributed by atoms with Gasteiger partial charge in [-0.25, -0.2) is 4.39 Å². The first-order valence-electron chi connectivity index (χ1n) is 5.42. The maximum Gasteiger partial charge on any atom is 0.231 e. The van der Waals surface area contributed by atoms with Crippen LogP contribution >= 0.6 is 0 Å². The number of amides is 1. The van der Waals surface area contributed by atoms with Crippen LogP contribution in [0.5, 0.6) is 0 Å². The van der Waals surface area contributed by atoms with Crippen LogP contribution in [-0.2, 0) is 11.3 Å².